The zero-order valence-electron chi connectivity index (χ0n) is 8.97. The van der Waals surface area contributed by atoms with Gasteiger partial charge < -0.3 is 4.98 Å². The third-order valence-electron chi connectivity index (χ3n) is 2.49. The molecule has 0 aliphatic carbocycles. The maximum Gasteiger partial charge on any atom is 0.328 e. The van der Waals surface area contributed by atoms with Gasteiger partial charge in [0, 0.05) is 18.7 Å². The summed E-state index contributed by atoms with van der Waals surface area (Å²) in [6.07, 6.45) is 0. The number of hydrogen-bond acceptors (Lipinski definition) is 4. The van der Waals surface area contributed by atoms with Gasteiger partial charge in [-0.05, 0) is 13.0 Å². The van der Waals surface area contributed by atoms with E-state index in [1.54, 1.807) is 6.92 Å². The zero-order valence-corrected chi connectivity index (χ0v) is 8.97. The highest BCUT2D eigenvalue weighted by atomic mass is 16.6. The summed E-state index contributed by atoms with van der Waals surface area (Å²) < 4.78 is 0.992. The second-order valence-electron chi connectivity index (χ2n) is 3.47. The van der Waals surface area contributed by atoms with Gasteiger partial charge in [0.15, 0.2) is 0 Å². The normalized spacial score (nSPS) is 10.6. The maximum absolute atomic E-state index is 11.9. The number of rotatable bonds is 2. The van der Waals surface area contributed by atoms with Crippen LogP contribution in [-0.4, -0.2) is 14.5 Å². The summed E-state index contributed by atoms with van der Waals surface area (Å²) in [4.78, 5) is 35.9. The molecule has 2 rings (SSSR count). The molecular formula is C10H9N3O4. The molecule has 0 atom stereocenters. The van der Waals surface area contributed by atoms with Gasteiger partial charge in [0.1, 0.15) is 0 Å². The molecule has 7 heteroatoms. The van der Waals surface area contributed by atoms with E-state index in [1.807, 2.05) is 0 Å². The van der Waals surface area contributed by atoms with Crippen LogP contribution in [0.5, 0.6) is 0 Å². The Morgan fingerprint density at radius 2 is 2.12 bits per heavy atom. The lowest BCUT2D eigenvalue weighted by Crippen LogP contribution is -2.34. The van der Waals surface area contributed by atoms with Gasteiger partial charge in [0.05, 0.1) is 15.8 Å². The minimum Gasteiger partial charge on any atom is -0.307 e. The highest BCUT2D eigenvalue weighted by Gasteiger charge is 2.11. The van der Waals surface area contributed by atoms with Crippen LogP contribution in [-0.2, 0) is 6.54 Å². The van der Waals surface area contributed by atoms with Gasteiger partial charge in [-0.15, -0.1) is 0 Å². The summed E-state index contributed by atoms with van der Waals surface area (Å²) in [5, 5.41) is 10.7. The van der Waals surface area contributed by atoms with Crippen molar-refractivity contribution in [2.75, 3.05) is 0 Å². The van der Waals surface area contributed by atoms with Crippen LogP contribution in [0.3, 0.4) is 0 Å². The molecule has 17 heavy (non-hydrogen) atoms. The quantitative estimate of drug-likeness (QED) is 0.609. The second-order valence-corrected chi connectivity index (χ2v) is 3.47. The first-order valence-corrected chi connectivity index (χ1v) is 4.96. The van der Waals surface area contributed by atoms with Crippen molar-refractivity contribution in [1.29, 1.82) is 0 Å². The molecule has 0 fully saturated rings. The van der Waals surface area contributed by atoms with Crippen LogP contribution in [0.4, 0.5) is 5.69 Å². The Morgan fingerprint density at radius 1 is 1.41 bits per heavy atom. The predicted molar refractivity (Wildman–Crippen MR) is 61.2 cm³/mol. The van der Waals surface area contributed by atoms with Crippen LogP contribution in [0.1, 0.15) is 6.92 Å². The van der Waals surface area contributed by atoms with Gasteiger partial charge in [0.2, 0.25) is 0 Å². The summed E-state index contributed by atoms with van der Waals surface area (Å²) in [5.74, 6) is 0. The monoisotopic (exact) mass is 235 g/mol. The molecule has 1 aromatic carbocycles. The van der Waals surface area contributed by atoms with Crippen LogP contribution in [0.25, 0.3) is 10.9 Å². The topological polar surface area (TPSA) is 98.0 Å². The summed E-state index contributed by atoms with van der Waals surface area (Å²) >= 11 is 0. The number of nitrogens with zero attached hydrogens (tertiary/aromatic N) is 2. The van der Waals surface area contributed by atoms with Crippen molar-refractivity contribution in [3.63, 3.8) is 0 Å². The Morgan fingerprint density at radius 3 is 2.71 bits per heavy atom. The third kappa shape index (κ3) is 1.71. The van der Waals surface area contributed by atoms with E-state index < -0.39 is 16.2 Å². The highest BCUT2D eigenvalue weighted by molar-refractivity contribution is 5.79. The van der Waals surface area contributed by atoms with Crippen molar-refractivity contribution in [1.82, 2.24) is 9.55 Å². The Bertz CT molecular complexity index is 714. The van der Waals surface area contributed by atoms with Gasteiger partial charge in [0.25, 0.3) is 11.2 Å². The molecule has 0 saturated heterocycles. The molecule has 88 valence electrons. The van der Waals surface area contributed by atoms with E-state index in [0.29, 0.717) is 5.52 Å². The SMILES string of the molecule is CCn1c(=O)[nH]c2ccc([N+](=O)[O-])cc2c1=O. The van der Waals surface area contributed by atoms with Crippen LogP contribution in [0.2, 0.25) is 0 Å². The molecule has 0 amide bonds. The molecule has 1 aromatic heterocycles. The summed E-state index contributed by atoms with van der Waals surface area (Å²) in [6, 6.07) is 3.77. The highest BCUT2D eigenvalue weighted by Crippen LogP contribution is 2.15. The van der Waals surface area contributed by atoms with Crippen molar-refractivity contribution in [3.8, 4) is 0 Å². The number of H-pyrrole nitrogens is 1. The number of nitrogens with one attached hydrogen (secondary N) is 1. The minimum atomic E-state index is -0.583. The minimum absolute atomic E-state index is 0.139. The smallest absolute Gasteiger partial charge is 0.307 e. The number of aromatic amines is 1. The Balaban J connectivity index is 2.90. The molecule has 1 heterocycles. The summed E-state index contributed by atoms with van der Waals surface area (Å²) in [7, 11) is 0. The van der Waals surface area contributed by atoms with Crippen LogP contribution in [0, 0.1) is 10.1 Å². The number of hydrogen-bond donors (Lipinski definition) is 1. The van der Waals surface area contributed by atoms with Crippen molar-refractivity contribution in [3.05, 3.63) is 49.2 Å². The van der Waals surface area contributed by atoms with Crippen LogP contribution >= 0.6 is 0 Å². The Labute approximate surface area is 94.5 Å². The summed E-state index contributed by atoms with van der Waals surface area (Å²) in [6.45, 7) is 1.87. The van der Waals surface area contributed by atoms with Crippen molar-refractivity contribution >= 4 is 16.6 Å². The molecule has 1 N–H and O–H groups in total. The fourth-order valence-electron chi connectivity index (χ4n) is 1.64. The first-order valence-electron chi connectivity index (χ1n) is 4.96. The largest absolute Gasteiger partial charge is 0.328 e. The average Bonchev–Trinajstić information content (AvgIpc) is 2.29. The van der Waals surface area contributed by atoms with E-state index in [1.165, 1.54) is 18.2 Å². The van der Waals surface area contributed by atoms with E-state index in [-0.39, 0.29) is 17.6 Å². The molecular weight excluding hydrogens is 226 g/mol. The van der Waals surface area contributed by atoms with Crippen molar-refractivity contribution in [2.24, 2.45) is 0 Å². The zero-order chi connectivity index (χ0) is 12.6. The lowest BCUT2D eigenvalue weighted by atomic mass is 10.2. The molecule has 7 nitrogen and oxygen atoms in total. The Kier molecular flexibility index (Phi) is 2.51. The molecule has 0 saturated carbocycles. The number of non-ortho nitro benzene ring substituents is 1. The van der Waals surface area contributed by atoms with Gasteiger partial charge in [-0.25, -0.2) is 4.79 Å². The number of fused-ring (bicyclic) bond motifs is 1. The molecule has 0 unspecified atom stereocenters. The van der Waals surface area contributed by atoms with Crippen LogP contribution in [0.15, 0.2) is 27.8 Å². The van der Waals surface area contributed by atoms with Gasteiger partial charge in [-0.1, -0.05) is 0 Å². The van der Waals surface area contributed by atoms with Gasteiger partial charge in [-0.2, -0.15) is 0 Å². The number of benzene rings is 1. The molecule has 0 radical (unpaired) electrons. The molecule has 0 spiro atoms. The van der Waals surface area contributed by atoms with Crippen molar-refractivity contribution in [2.45, 2.75) is 13.5 Å². The van der Waals surface area contributed by atoms with E-state index in [4.69, 9.17) is 0 Å². The van der Waals surface area contributed by atoms with Crippen molar-refractivity contribution < 1.29 is 4.92 Å². The van der Waals surface area contributed by atoms with E-state index in [2.05, 4.69) is 4.98 Å². The Hall–Kier alpha value is -2.44. The summed E-state index contributed by atoms with van der Waals surface area (Å²) in [5.41, 5.74) is -0.909. The first kappa shape index (κ1) is 11.1. The predicted octanol–water partition coefficient (Wildman–Crippen LogP) is 0.618. The molecule has 0 aliphatic rings. The number of aromatic nitrogens is 2. The van der Waals surface area contributed by atoms with E-state index in [9.17, 15) is 19.7 Å². The van der Waals surface area contributed by atoms with Gasteiger partial charge >= 0.3 is 5.69 Å². The maximum atomic E-state index is 11.9. The number of nitro benzene ring substituents is 1. The number of nitro groups is 1. The first-order chi connectivity index (χ1) is 8.04. The molecule has 2 aromatic rings. The average molecular weight is 235 g/mol. The van der Waals surface area contributed by atoms with Gasteiger partial charge in [-0.3, -0.25) is 19.5 Å². The lowest BCUT2D eigenvalue weighted by Gasteiger charge is -2.02. The second kappa shape index (κ2) is 3.85. The molecule has 0 bridgehead atoms. The fraction of sp³-hybridized carbons (Fsp3) is 0.200. The molecule has 0 aliphatic heterocycles. The lowest BCUT2D eigenvalue weighted by molar-refractivity contribution is -0.384. The van der Waals surface area contributed by atoms with E-state index in [0.717, 1.165) is 4.57 Å². The fourth-order valence-corrected chi connectivity index (χ4v) is 1.64. The standard InChI is InChI=1S/C10H9N3O4/c1-2-12-9(14)7-5-6(13(16)17)3-4-8(7)11-10(12)15/h3-5H,2H2,1H3,(H,11,15). The van der Waals surface area contributed by atoms with E-state index >= 15 is 0 Å². The van der Waals surface area contributed by atoms with Crippen LogP contribution < -0.4 is 11.2 Å². The third-order valence-corrected chi connectivity index (χ3v) is 2.49.